The van der Waals surface area contributed by atoms with Gasteiger partial charge < -0.3 is 10.1 Å². The first-order chi connectivity index (χ1) is 12.5. The number of nitrogens with zero attached hydrogens (tertiary/aromatic N) is 2. The van der Waals surface area contributed by atoms with E-state index in [2.05, 4.69) is 10.4 Å². The van der Waals surface area contributed by atoms with E-state index in [9.17, 15) is 9.18 Å². The van der Waals surface area contributed by atoms with Crippen LogP contribution in [0.15, 0.2) is 54.7 Å². The average molecular weight is 374 g/mol. The molecule has 0 aliphatic rings. The first kappa shape index (κ1) is 17.9. The lowest BCUT2D eigenvalue weighted by molar-refractivity contribution is 0.0944. The van der Waals surface area contributed by atoms with Crippen LogP contribution in [-0.2, 0) is 13.3 Å². The van der Waals surface area contributed by atoms with E-state index in [1.165, 1.54) is 16.8 Å². The number of rotatable bonds is 6. The van der Waals surface area contributed by atoms with Crippen LogP contribution >= 0.6 is 11.6 Å². The lowest BCUT2D eigenvalue weighted by Crippen LogP contribution is -2.23. The maximum Gasteiger partial charge on any atom is 0.272 e. The Kier molecular flexibility index (Phi) is 5.53. The predicted octanol–water partition coefficient (Wildman–Crippen LogP) is 3.95. The monoisotopic (exact) mass is 373 g/mol. The summed E-state index contributed by atoms with van der Waals surface area (Å²) in [5.74, 6) is 0.0508. The Hall–Kier alpha value is -2.86. The summed E-state index contributed by atoms with van der Waals surface area (Å²) in [6.07, 6.45) is 1.66. The number of aromatic nitrogens is 2. The van der Waals surface area contributed by atoms with Crippen LogP contribution < -0.4 is 10.1 Å². The largest absolute Gasteiger partial charge is 0.471 e. The van der Waals surface area contributed by atoms with Crippen molar-refractivity contribution in [3.05, 3.63) is 82.4 Å². The maximum atomic E-state index is 12.9. The number of hydrogen-bond donors (Lipinski definition) is 1. The molecule has 0 radical (unpaired) electrons. The first-order valence-electron chi connectivity index (χ1n) is 7.96. The highest BCUT2D eigenvalue weighted by atomic mass is 35.5. The van der Waals surface area contributed by atoms with Crippen molar-refractivity contribution in [1.82, 2.24) is 15.1 Å². The molecule has 0 atom stereocenters. The maximum absolute atomic E-state index is 12.9. The molecular weight excluding hydrogens is 357 g/mol. The summed E-state index contributed by atoms with van der Waals surface area (Å²) in [5.41, 5.74) is 2.01. The minimum absolute atomic E-state index is 0.173. The highest BCUT2D eigenvalue weighted by Gasteiger charge is 2.09. The normalized spacial score (nSPS) is 10.6. The zero-order valence-electron chi connectivity index (χ0n) is 14.1. The van der Waals surface area contributed by atoms with Gasteiger partial charge in [-0.2, -0.15) is 5.10 Å². The summed E-state index contributed by atoms with van der Waals surface area (Å²) in [6.45, 7) is 2.37. The molecule has 1 amide bonds. The van der Waals surface area contributed by atoms with Crippen molar-refractivity contribution in [2.24, 2.45) is 0 Å². The fraction of sp³-hybridized carbons (Fsp3) is 0.158. The fourth-order valence-electron chi connectivity index (χ4n) is 2.28. The number of amides is 1. The molecule has 1 heterocycles. The van der Waals surface area contributed by atoms with E-state index in [4.69, 9.17) is 16.3 Å². The quantitative estimate of drug-likeness (QED) is 0.711. The van der Waals surface area contributed by atoms with Crippen LogP contribution in [0.25, 0.3) is 0 Å². The van der Waals surface area contributed by atoms with E-state index < -0.39 is 0 Å². The molecule has 0 saturated carbocycles. The van der Waals surface area contributed by atoms with Crippen molar-refractivity contribution < 1.29 is 13.9 Å². The molecule has 26 heavy (non-hydrogen) atoms. The number of carbonyl (C=O) groups excluding carboxylic acids is 1. The summed E-state index contributed by atoms with van der Waals surface area (Å²) < 4.78 is 20.0. The van der Waals surface area contributed by atoms with Gasteiger partial charge >= 0.3 is 0 Å². The van der Waals surface area contributed by atoms with E-state index in [0.29, 0.717) is 17.3 Å². The van der Waals surface area contributed by atoms with Crippen molar-refractivity contribution in [2.75, 3.05) is 0 Å². The van der Waals surface area contributed by atoms with Gasteiger partial charge in [0.1, 0.15) is 17.3 Å². The van der Waals surface area contributed by atoms with Crippen molar-refractivity contribution in [2.45, 2.75) is 20.2 Å². The van der Waals surface area contributed by atoms with E-state index in [-0.39, 0.29) is 24.1 Å². The molecule has 1 N–H and O–H groups in total. The van der Waals surface area contributed by atoms with E-state index in [1.54, 1.807) is 36.5 Å². The number of aryl methyl sites for hydroxylation is 1. The highest BCUT2D eigenvalue weighted by Crippen LogP contribution is 2.21. The molecule has 5 nitrogen and oxygen atoms in total. The molecule has 0 fully saturated rings. The van der Waals surface area contributed by atoms with Crippen LogP contribution in [0.2, 0.25) is 5.02 Å². The Balaban J connectivity index is 1.54. The number of hydrogen-bond acceptors (Lipinski definition) is 3. The van der Waals surface area contributed by atoms with E-state index in [1.807, 2.05) is 13.0 Å². The third-order valence-electron chi connectivity index (χ3n) is 3.73. The van der Waals surface area contributed by atoms with Crippen molar-refractivity contribution >= 4 is 17.5 Å². The molecule has 2 aromatic carbocycles. The lowest BCUT2D eigenvalue weighted by Gasteiger charge is -2.07. The van der Waals surface area contributed by atoms with Gasteiger partial charge in [0, 0.05) is 17.8 Å². The highest BCUT2D eigenvalue weighted by molar-refractivity contribution is 6.31. The van der Waals surface area contributed by atoms with Crippen molar-refractivity contribution in [1.29, 1.82) is 0 Å². The van der Waals surface area contributed by atoms with Crippen LogP contribution in [0.1, 0.15) is 21.6 Å². The van der Waals surface area contributed by atoms with Gasteiger partial charge in [-0.15, -0.1) is 0 Å². The molecule has 0 aliphatic carbocycles. The number of nitrogens with one attached hydrogen (secondary N) is 1. The zero-order valence-corrected chi connectivity index (χ0v) is 14.8. The second-order valence-corrected chi connectivity index (χ2v) is 6.14. The van der Waals surface area contributed by atoms with Crippen LogP contribution in [0.3, 0.4) is 0 Å². The lowest BCUT2D eigenvalue weighted by atomic mass is 10.2. The molecule has 3 rings (SSSR count). The Bertz CT molecular complexity index is 909. The van der Waals surface area contributed by atoms with Gasteiger partial charge in [0.15, 0.2) is 6.73 Å². The minimum Gasteiger partial charge on any atom is -0.471 e. The number of benzene rings is 2. The van der Waals surface area contributed by atoms with Gasteiger partial charge in [-0.05, 0) is 54.4 Å². The fourth-order valence-corrected chi connectivity index (χ4v) is 2.40. The average Bonchev–Trinajstić information content (AvgIpc) is 3.11. The first-order valence-corrected chi connectivity index (χ1v) is 8.34. The SMILES string of the molecule is Cc1cc(OCn2ccc(C(=O)NCc3ccc(F)cc3)n2)ccc1Cl. The molecule has 7 heteroatoms. The Labute approximate surface area is 155 Å². The van der Waals surface area contributed by atoms with Crippen LogP contribution in [0.4, 0.5) is 4.39 Å². The van der Waals surface area contributed by atoms with Crippen molar-refractivity contribution in [3.8, 4) is 5.75 Å². The Morgan fingerprint density at radius 1 is 1.23 bits per heavy atom. The minimum atomic E-state index is -0.310. The molecule has 0 unspecified atom stereocenters. The van der Waals surface area contributed by atoms with Crippen LogP contribution in [0.5, 0.6) is 5.75 Å². The predicted molar refractivity (Wildman–Crippen MR) is 96.6 cm³/mol. The molecular formula is C19H17ClFN3O2. The van der Waals surface area contributed by atoms with Gasteiger partial charge in [0.05, 0.1) is 0 Å². The third-order valence-corrected chi connectivity index (χ3v) is 4.16. The molecule has 1 aromatic heterocycles. The van der Waals surface area contributed by atoms with Gasteiger partial charge in [0.25, 0.3) is 5.91 Å². The van der Waals surface area contributed by atoms with Crippen molar-refractivity contribution in [3.63, 3.8) is 0 Å². The summed E-state index contributed by atoms with van der Waals surface area (Å²) in [7, 11) is 0. The molecule has 0 aliphatic heterocycles. The van der Waals surface area contributed by atoms with Gasteiger partial charge in [0.2, 0.25) is 0 Å². The standard InChI is InChI=1S/C19H17ClFN3O2/c1-13-10-16(6-7-17(13)20)26-12-24-9-8-18(23-24)19(25)22-11-14-2-4-15(21)5-3-14/h2-10H,11-12H2,1H3,(H,22,25). The molecule has 0 saturated heterocycles. The van der Waals surface area contributed by atoms with Gasteiger partial charge in [-0.3, -0.25) is 4.79 Å². The molecule has 3 aromatic rings. The Morgan fingerprint density at radius 3 is 2.73 bits per heavy atom. The topological polar surface area (TPSA) is 56.1 Å². The summed E-state index contributed by atoms with van der Waals surface area (Å²) in [5, 5.41) is 7.61. The van der Waals surface area contributed by atoms with E-state index >= 15 is 0 Å². The number of ether oxygens (including phenoxy) is 1. The number of carbonyl (C=O) groups is 1. The molecule has 134 valence electrons. The smallest absolute Gasteiger partial charge is 0.272 e. The molecule has 0 spiro atoms. The summed E-state index contributed by atoms with van der Waals surface area (Å²) in [4.78, 5) is 12.1. The third kappa shape index (κ3) is 4.61. The second-order valence-electron chi connectivity index (χ2n) is 5.73. The van der Waals surface area contributed by atoms with E-state index in [0.717, 1.165) is 11.1 Å². The number of halogens is 2. The van der Waals surface area contributed by atoms with Gasteiger partial charge in [-0.1, -0.05) is 23.7 Å². The summed E-state index contributed by atoms with van der Waals surface area (Å²) in [6, 6.07) is 12.9. The zero-order chi connectivity index (χ0) is 18.5. The van der Waals surface area contributed by atoms with Crippen LogP contribution in [-0.4, -0.2) is 15.7 Å². The summed E-state index contributed by atoms with van der Waals surface area (Å²) >= 11 is 5.98. The molecule has 0 bridgehead atoms. The van der Waals surface area contributed by atoms with Crippen LogP contribution in [0, 0.1) is 12.7 Å². The van der Waals surface area contributed by atoms with Gasteiger partial charge in [-0.25, -0.2) is 9.07 Å². The Morgan fingerprint density at radius 2 is 2.00 bits per heavy atom. The second kappa shape index (κ2) is 8.01.